The van der Waals surface area contributed by atoms with Crippen molar-refractivity contribution in [2.24, 2.45) is 0 Å². The zero-order valence-corrected chi connectivity index (χ0v) is 12.4. The van der Waals surface area contributed by atoms with Gasteiger partial charge < -0.3 is 10.6 Å². The van der Waals surface area contributed by atoms with Crippen LogP contribution in [0.2, 0.25) is 0 Å². The summed E-state index contributed by atoms with van der Waals surface area (Å²) in [6, 6.07) is 1.63. The number of nitrogens with one attached hydrogen (secondary N) is 2. The summed E-state index contributed by atoms with van der Waals surface area (Å²) in [4.78, 5) is 20.5. The third-order valence-electron chi connectivity index (χ3n) is 2.75. The molecule has 1 aromatic rings. The number of rotatable bonds is 6. The third-order valence-corrected chi connectivity index (χ3v) is 2.75. The largest absolute Gasteiger partial charge is 0.354 e. The molecule has 5 heteroatoms. The molecule has 0 bridgehead atoms. The molecule has 1 heterocycles. The van der Waals surface area contributed by atoms with E-state index in [-0.39, 0.29) is 11.9 Å². The second-order valence-electron chi connectivity index (χ2n) is 5.07. The van der Waals surface area contributed by atoms with Crippen LogP contribution in [0.3, 0.4) is 0 Å². The first-order chi connectivity index (χ1) is 8.93. The zero-order chi connectivity index (χ0) is 14.4. The second kappa shape index (κ2) is 7.07. The Hall–Kier alpha value is -1.65. The van der Waals surface area contributed by atoms with E-state index in [2.05, 4.69) is 34.4 Å². The van der Waals surface area contributed by atoms with Gasteiger partial charge in [-0.25, -0.2) is 9.97 Å². The van der Waals surface area contributed by atoms with Gasteiger partial charge in [-0.15, -0.1) is 0 Å². The maximum absolute atomic E-state index is 11.8. The van der Waals surface area contributed by atoms with E-state index in [0.29, 0.717) is 18.4 Å². The number of aromatic nitrogens is 2. The van der Waals surface area contributed by atoms with E-state index in [1.54, 1.807) is 0 Å². The number of carbonyl (C=O) groups excluding carboxylic acids is 1. The molecule has 1 amide bonds. The Morgan fingerprint density at radius 1 is 1.32 bits per heavy atom. The lowest BCUT2D eigenvalue weighted by atomic mass is 10.1. The molecule has 0 saturated carbocycles. The van der Waals surface area contributed by atoms with E-state index >= 15 is 0 Å². The summed E-state index contributed by atoms with van der Waals surface area (Å²) in [5, 5.41) is 5.90. The number of amides is 1. The fraction of sp³-hybridized carbons (Fsp3) is 0.643. The SMILES string of the molecule is CCCNC(=O)C(C)Nc1nc(C)cc(C(C)C)n1. The predicted octanol–water partition coefficient (Wildman–Crippen LogP) is 2.24. The van der Waals surface area contributed by atoms with Crippen LogP contribution in [0.1, 0.15) is 51.4 Å². The van der Waals surface area contributed by atoms with Crippen molar-refractivity contribution in [1.82, 2.24) is 15.3 Å². The maximum Gasteiger partial charge on any atom is 0.242 e. The Morgan fingerprint density at radius 2 is 2.00 bits per heavy atom. The molecule has 2 N–H and O–H groups in total. The molecule has 19 heavy (non-hydrogen) atoms. The molecule has 0 radical (unpaired) electrons. The van der Waals surface area contributed by atoms with E-state index in [4.69, 9.17) is 0 Å². The molecule has 106 valence electrons. The summed E-state index contributed by atoms with van der Waals surface area (Å²) in [6.07, 6.45) is 0.927. The van der Waals surface area contributed by atoms with Crippen molar-refractivity contribution in [3.63, 3.8) is 0 Å². The summed E-state index contributed by atoms with van der Waals surface area (Å²) >= 11 is 0. The van der Waals surface area contributed by atoms with Gasteiger partial charge in [0.15, 0.2) is 0 Å². The predicted molar refractivity (Wildman–Crippen MR) is 77.2 cm³/mol. The molecular formula is C14H24N4O. The number of carbonyl (C=O) groups is 1. The quantitative estimate of drug-likeness (QED) is 0.827. The van der Waals surface area contributed by atoms with Crippen LogP contribution in [-0.2, 0) is 4.79 Å². The van der Waals surface area contributed by atoms with E-state index in [0.717, 1.165) is 17.8 Å². The Balaban J connectivity index is 2.73. The number of aryl methyl sites for hydroxylation is 1. The first-order valence-corrected chi connectivity index (χ1v) is 6.83. The van der Waals surface area contributed by atoms with Crippen LogP contribution in [-0.4, -0.2) is 28.5 Å². The summed E-state index contributed by atoms with van der Waals surface area (Å²) in [7, 11) is 0. The van der Waals surface area contributed by atoms with Crippen molar-refractivity contribution < 1.29 is 4.79 Å². The smallest absolute Gasteiger partial charge is 0.242 e. The highest BCUT2D eigenvalue weighted by Crippen LogP contribution is 2.14. The number of anilines is 1. The molecule has 0 saturated heterocycles. The van der Waals surface area contributed by atoms with Gasteiger partial charge in [0.05, 0.1) is 0 Å². The minimum atomic E-state index is -0.339. The second-order valence-corrected chi connectivity index (χ2v) is 5.07. The highest BCUT2D eigenvalue weighted by molar-refractivity contribution is 5.83. The van der Waals surface area contributed by atoms with Crippen LogP contribution in [0.4, 0.5) is 5.95 Å². The highest BCUT2D eigenvalue weighted by Gasteiger charge is 2.14. The molecule has 0 aliphatic rings. The molecule has 0 fully saturated rings. The lowest BCUT2D eigenvalue weighted by Gasteiger charge is -2.15. The first-order valence-electron chi connectivity index (χ1n) is 6.83. The van der Waals surface area contributed by atoms with Gasteiger partial charge in [-0.1, -0.05) is 20.8 Å². The van der Waals surface area contributed by atoms with Crippen LogP contribution in [0.5, 0.6) is 0 Å². The van der Waals surface area contributed by atoms with E-state index in [1.165, 1.54) is 0 Å². The van der Waals surface area contributed by atoms with Gasteiger partial charge in [0.1, 0.15) is 6.04 Å². The van der Waals surface area contributed by atoms with Crippen molar-refractivity contribution in [1.29, 1.82) is 0 Å². The minimum absolute atomic E-state index is 0.0296. The van der Waals surface area contributed by atoms with E-state index in [1.807, 2.05) is 26.8 Å². The lowest BCUT2D eigenvalue weighted by molar-refractivity contribution is -0.121. The lowest BCUT2D eigenvalue weighted by Crippen LogP contribution is -2.38. The van der Waals surface area contributed by atoms with Crippen molar-refractivity contribution in [3.8, 4) is 0 Å². The topological polar surface area (TPSA) is 66.9 Å². The minimum Gasteiger partial charge on any atom is -0.354 e. The summed E-state index contributed by atoms with van der Waals surface area (Å²) in [6.45, 7) is 10.6. The molecule has 0 spiro atoms. The molecular weight excluding hydrogens is 240 g/mol. The Kier molecular flexibility index (Phi) is 5.73. The molecule has 1 aromatic heterocycles. The van der Waals surface area contributed by atoms with Crippen molar-refractivity contribution in [2.45, 2.75) is 53.0 Å². The molecule has 1 rings (SSSR count). The van der Waals surface area contributed by atoms with Crippen LogP contribution in [0.25, 0.3) is 0 Å². The van der Waals surface area contributed by atoms with Gasteiger partial charge in [0, 0.05) is 17.9 Å². The summed E-state index contributed by atoms with van der Waals surface area (Å²) in [5.74, 6) is 0.826. The number of nitrogens with zero attached hydrogens (tertiary/aromatic N) is 2. The molecule has 0 aliphatic heterocycles. The van der Waals surface area contributed by atoms with Gasteiger partial charge in [-0.3, -0.25) is 4.79 Å². The Morgan fingerprint density at radius 3 is 2.58 bits per heavy atom. The molecule has 0 aliphatic carbocycles. The first kappa shape index (κ1) is 15.4. The summed E-state index contributed by atoms with van der Waals surface area (Å²) in [5.41, 5.74) is 1.89. The monoisotopic (exact) mass is 264 g/mol. The molecule has 1 unspecified atom stereocenters. The number of hydrogen-bond acceptors (Lipinski definition) is 4. The molecule has 1 atom stereocenters. The van der Waals surface area contributed by atoms with Crippen molar-refractivity contribution in [2.75, 3.05) is 11.9 Å². The fourth-order valence-corrected chi connectivity index (χ4v) is 1.61. The maximum atomic E-state index is 11.8. The summed E-state index contributed by atoms with van der Waals surface area (Å²) < 4.78 is 0. The van der Waals surface area contributed by atoms with Crippen LogP contribution in [0.15, 0.2) is 6.07 Å². The highest BCUT2D eigenvalue weighted by atomic mass is 16.2. The average Bonchev–Trinajstić information content (AvgIpc) is 2.34. The fourth-order valence-electron chi connectivity index (χ4n) is 1.61. The van der Waals surface area contributed by atoms with Crippen molar-refractivity contribution >= 4 is 11.9 Å². The Bertz CT molecular complexity index is 431. The number of hydrogen-bond donors (Lipinski definition) is 2. The van der Waals surface area contributed by atoms with E-state index < -0.39 is 0 Å². The van der Waals surface area contributed by atoms with Crippen LogP contribution < -0.4 is 10.6 Å². The van der Waals surface area contributed by atoms with Gasteiger partial charge >= 0.3 is 0 Å². The molecule has 5 nitrogen and oxygen atoms in total. The van der Waals surface area contributed by atoms with Gasteiger partial charge in [0.2, 0.25) is 11.9 Å². The molecule has 0 aromatic carbocycles. The standard InChI is InChI=1S/C14H24N4O/c1-6-7-15-13(19)11(5)17-14-16-10(4)8-12(18-14)9(2)3/h8-9,11H,6-7H2,1-5H3,(H,15,19)(H,16,17,18). The van der Waals surface area contributed by atoms with Crippen molar-refractivity contribution in [3.05, 3.63) is 17.5 Å². The Labute approximate surface area is 115 Å². The third kappa shape index (κ3) is 4.85. The van der Waals surface area contributed by atoms with Gasteiger partial charge in [-0.2, -0.15) is 0 Å². The van der Waals surface area contributed by atoms with Crippen LogP contribution in [0, 0.1) is 6.92 Å². The van der Waals surface area contributed by atoms with Crippen LogP contribution >= 0.6 is 0 Å². The van der Waals surface area contributed by atoms with E-state index in [9.17, 15) is 4.79 Å². The zero-order valence-electron chi connectivity index (χ0n) is 12.4. The van der Waals surface area contributed by atoms with Gasteiger partial charge in [0.25, 0.3) is 0 Å². The normalized spacial score (nSPS) is 12.3. The average molecular weight is 264 g/mol. The van der Waals surface area contributed by atoms with Gasteiger partial charge in [-0.05, 0) is 32.3 Å².